The molecular weight excluding hydrogens is 641 g/mol. The third kappa shape index (κ3) is 4.47. The fourth-order valence-electron chi connectivity index (χ4n) is 7.92. The summed E-state index contributed by atoms with van der Waals surface area (Å²) in [7, 11) is 4.37. The van der Waals surface area contributed by atoms with Gasteiger partial charge in [0.1, 0.15) is 11.6 Å². The Labute approximate surface area is 299 Å². The Hall–Kier alpha value is -7.06. The van der Waals surface area contributed by atoms with Gasteiger partial charge >= 0.3 is 0 Å². The minimum atomic E-state index is 0.831. The van der Waals surface area contributed by atoms with Crippen molar-refractivity contribution < 1.29 is 0 Å². The number of aryl methyl sites for hydroxylation is 2. The molecule has 0 unspecified atom stereocenters. The lowest BCUT2D eigenvalue weighted by atomic mass is 9.98. The van der Waals surface area contributed by atoms with Crippen LogP contribution in [0.15, 0.2) is 159 Å². The molecule has 6 heterocycles. The van der Waals surface area contributed by atoms with Gasteiger partial charge in [-0.05, 0) is 83.6 Å². The highest BCUT2D eigenvalue weighted by Gasteiger charge is 2.24. The average Bonchev–Trinajstić information content (AvgIpc) is 3.66. The van der Waals surface area contributed by atoms with E-state index in [2.05, 4.69) is 116 Å². The van der Waals surface area contributed by atoms with E-state index in [1.54, 1.807) is 12.4 Å². The molecule has 0 N–H and O–H groups in total. The molecule has 8 nitrogen and oxygen atoms in total. The highest BCUT2D eigenvalue weighted by molar-refractivity contribution is 6.36. The van der Waals surface area contributed by atoms with Gasteiger partial charge in [-0.15, -0.1) is 0 Å². The van der Waals surface area contributed by atoms with E-state index in [1.807, 2.05) is 73.3 Å². The number of hydrogen-bond donors (Lipinski definition) is 0. The summed E-state index contributed by atoms with van der Waals surface area (Å²) in [6, 6.07) is 42.3. The van der Waals surface area contributed by atoms with Crippen molar-refractivity contribution in [3.63, 3.8) is 0 Å². The number of aromatic nitrogens is 6. The van der Waals surface area contributed by atoms with Crippen LogP contribution in [-0.2, 0) is 14.1 Å². The van der Waals surface area contributed by atoms with Crippen LogP contribution in [0.3, 0.4) is 0 Å². The summed E-state index contributed by atoms with van der Waals surface area (Å²) < 4.78 is 4.72. The van der Waals surface area contributed by atoms with Gasteiger partial charge < -0.3 is 9.13 Å². The Balaban J connectivity index is 1.25. The van der Waals surface area contributed by atoms with Gasteiger partial charge in [-0.2, -0.15) is 0 Å². The number of fused-ring (bicyclic) bond motifs is 10. The third-order valence-electron chi connectivity index (χ3n) is 10.1. The molecule has 0 saturated carbocycles. The van der Waals surface area contributed by atoms with Gasteiger partial charge in [0, 0.05) is 71.8 Å². The van der Waals surface area contributed by atoms with E-state index in [0.29, 0.717) is 0 Å². The van der Waals surface area contributed by atoms with Gasteiger partial charge in [0.2, 0.25) is 0 Å². The lowest BCUT2D eigenvalue weighted by Crippen LogP contribution is -2.11. The molecule has 10 rings (SSSR count). The Bertz CT molecular complexity index is 2640. The zero-order valence-electron chi connectivity index (χ0n) is 28.6. The van der Waals surface area contributed by atoms with Gasteiger partial charge in [-0.1, -0.05) is 48.5 Å². The maximum Gasteiger partial charge on any atom is 0.137 e. The minimum Gasteiger partial charge on any atom is -0.342 e. The number of nitrogens with zero attached hydrogens (tertiary/aromatic N) is 8. The van der Waals surface area contributed by atoms with Crippen molar-refractivity contribution in [3.8, 4) is 0 Å². The van der Waals surface area contributed by atoms with Crippen molar-refractivity contribution in [3.05, 3.63) is 159 Å². The summed E-state index contributed by atoms with van der Waals surface area (Å²) in [4.78, 5) is 22.6. The van der Waals surface area contributed by atoms with Gasteiger partial charge in [0.25, 0.3) is 0 Å². The smallest absolute Gasteiger partial charge is 0.137 e. The maximum absolute atomic E-state index is 4.73. The van der Waals surface area contributed by atoms with E-state index in [-0.39, 0.29) is 0 Å². The monoisotopic (exact) mass is 672 g/mol. The Morgan fingerprint density at radius 1 is 0.423 bits per heavy atom. The van der Waals surface area contributed by atoms with Crippen LogP contribution < -0.4 is 9.80 Å². The van der Waals surface area contributed by atoms with Crippen LogP contribution in [0.4, 0.5) is 34.4 Å². The van der Waals surface area contributed by atoms with Crippen LogP contribution in [0.25, 0.3) is 54.4 Å². The Morgan fingerprint density at radius 3 is 1.29 bits per heavy atom. The molecule has 0 fully saturated rings. The maximum atomic E-state index is 4.73. The number of pyridine rings is 4. The topological polar surface area (TPSA) is 67.9 Å². The molecular formula is C44H32N8. The fourth-order valence-corrected chi connectivity index (χ4v) is 7.92. The van der Waals surface area contributed by atoms with Crippen molar-refractivity contribution in [2.75, 3.05) is 9.80 Å². The molecule has 0 saturated heterocycles. The zero-order chi connectivity index (χ0) is 34.8. The lowest BCUT2D eigenvalue weighted by molar-refractivity contribution is 0.986. The quantitative estimate of drug-likeness (QED) is 0.175. The number of benzene rings is 4. The molecule has 0 amide bonds. The van der Waals surface area contributed by atoms with E-state index < -0.39 is 0 Å². The minimum absolute atomic E-state index is 0.831. The van der Waals surface area contributed by atoms with Crippen molar-refractivity contribution in [2.24, 2.45) is 14.1 Å². The van der Waals surface area contributed by atoms with Gasteiger partial charge in [-0.25, -0.2) is 9.97 Å². The molecule has 4 aromatic carbocycles. The number of anilines is 6. The second-order valence-electron chi connectivity index (χ2n) is 13.0. The van der Waals surface area contributed by atoms with Crippen molar-refractivity contribution in [1.29, 1.82) is 0 Å². The molecule has 0 aliphatic heterocycles. The van der Waals surface area contributed by atoms with Crippen LogP contribution in [0.2, 0.25) is 0 Å². The first kappa shape index (κ1) is 29.8. The third-order valence-corrected chi connectivity index (χ3v) is 10.1. The van der Waals surface area contributed by atoms with E-state index in [0.717, 1.165) is 45.4 Å². The van der Waals surface area contributed by atoms with Crippen LogP contribution >= 0.6 is 0 Å². The molecule has 8 heteroatoms. The molecule has 6 aromatic heterocycles. The SMILES string of the molecule is Cn1c2cc(N(c3cccnc3)c3ccccn3)ccc2c2c3ccccc3c3c4ccc(N(c5cccnc5)c5ccccn5)cc4n(C)c3c21. The zero-order valence-corrected chi connectivity index (χ0v) is 28.6. The van der Waals surface area contributed by atoms with Crippen LogP contribution in [0.5, 0.6) is 0 Å². The predicted molar refractivity (Wildman–Crippen MR) is 212 cm³/mol. The summed E-state index contributed by atoms with van der Waals surface area (Å²) in [5.74, 6) is 1.66. The Morgan fingerprint density at radius 2 is 0.885 bits per heavy atom. The van der Waals surface area contributed by atoms with Crippen molar-refractivity contribution >= 4 is 88.8 Å². The standard InChI is InChI=1S/C44H32N8/c1-49-37-25-29(51(31-11-9-21-45-27-31)39-15-5-7-23-47-39)17-19-35(37)41-33-13-3-4-14-34(33)42-36-20-18-30(26-38(36)50(2)44(42)43(41)49)52(32-12-10-22-46-28-32)40-16-6-8-24-48-40/h3-28H,1-2H3. The normalized spacial score (nSPS) is 11.7. The summed E-state index contributed by atoms with van der Waals surface area (Å²) >= 11 is 0. The molecule has 0 aliphatic carbocycles. The lowest BCUT2D eigenvalue weighted by Gasteiger charge is -2.24. The first-order valence-corrected chi connectivity index (χ1v) is 17.2. The van der Waals surface area contributed by atoms with E-state index >= 15 is 0 Å². The van der Waals surface area contributed by atoms with E-state index in [4.69, 9.17) is 9.97 Å². The molecule has 52 heavy (non-hydrogen) atoms. The first-order valence-electron chi connectivity index (χ1n) is 17.2. The molecule has 0 bridgehead atoms. The first-order chi connectivity index (χ1) is 25.7. The Kier molecular flexibility index (Phi) is 6.75. The summed E-state index contributed by atoms with van der Waals surface area (Å²) in [6.07, 6.45) is 11.0. The summed E-state index contributed by atoms with van der Waals surface area (Å²) in [5, 5.41) is 7.37. The molecule has 10 aromatic rings. The summed E-state index contributed by atoms with van der Waals surface area (Å²) in [6.45, 7) is 0. The van der Waals surface area contributed by atoms with E-state index in [9.17, 15) is 0 Å². The highest BCUT2D eigenvalue weighted by atomic mass is 15.2. The van der Waals surface area contributed by atoms with Gasteiger partial charge in [0.15, 0.2) is 0 Å². The average molecular weight is 673 g/mol. The van der Waals surface area contributed by atoms with Crippen molar-refractivity contribution in [1.82, 2.24) is 29.1 Å². The summed E-state index contributed by atoms with van der Waals surface area (Å²) in [5.41, 5.74) is 8.58. The number of rotatable bonds is 6. The second-order valence-corrected chi connectivity index (χ2v) is 13.0. The fraction of sp³-hybridized carbons (Fsp3) is 0.0455. The van der Waals surface area contributed by atoms with Crippen LogP contribution in [0, 0.1) is 0 Å². The van der Waals surface area contributed by atoms with Crippen LogP contribution in [0.1, 0.15) is 0 Å². The van der Waals surface area contributed by atoms with E-state index in [1.165, 1.54) is 43.4 Å². The van der Waals surface area contributed by atoms with Crippen molar-refractivity contribution in [2.45, 2.75) is 0 Å². The molecule has 248 valence electrons. The highest BCUT2D eigenvalue weighted by Crippen LogP contribution is 2.46. The molecule has 0 aliphatic rings. The van der Waals surface area contributed by atoms with Crippen LogP contribution in [-0.4, -0.2) is 29.1 Å². The van der Waals surface area contributed by atoms with Gasteiger partial charge in [0.05, 0.1) is 45.8 Å². The molecule has 0 atom stereocenters. The predicted octanol–water partition coefficient (Wildman–Crippen LogP) is 10.6. The molecule has 0 spiro atoms. The molecule has 0 radical (unpaired) electrons. The number of hydrogen-bond acceptors (Lipinski definition) is 6. The second kappa shape index (κ2) is 11.8. The van der Waals surface area contributed by atoms with Gasteiger partial charge in [-0.3, -0.25) is 19.8 Å². The largest absolute Gasteiger partial charge is 0.342 e.